The third kappa shape index (κ3) is 17.5. The fraction of sp³-hybridized carbons (Fsp3) is 0.754. The second-order valence-electron chi connectivity index (χ2n) is 25.6. The summed E-state index contributed by atoms with van der Waals surface area (Å²) in [6.07, 6.45) is 51.7. The van der Waals surface area contributed by atoms with Crippen molar-refractivity contribution in [2.45, 2.75) is 258 Å². The molecule has 0 N–H and O–H groups in total. The first-order valence-electron chi connectivity index (χ1n) is 31.4. The van der Waals surface area contributed by atoms with Gasteiger partial charge < -0.3 is 4.74 Å². The zero-order valence-corrected chi connectivity index (χ0v) is 46.6. The van der Waals surface area contributed by atoms with Crippen LogP contribution in [0.25, 0.3) is 0 Å². The molecule has 0 amide bonds. The molecule has 0 atom stereocenters. The summed E-state index contributed by atoms with van der Waals surface area (Å²) in [5.41, 5.74) is 4.39. The molecule has 0 radical (unpaired) electrons. The Kier molecular flexibility index (Phi) is 23.8. The van der Waals surface area contributed by atoms with Gasteiger partial charge in [0.15, 0.2) is 0 Å². The maximum absolute atomic E-state index is 12.8. The van der Waals surface area contributed by atoms with Gasteiger partial charge in [-0.15, -0.1) is 13.2 Å². The van der Waals surface area contributed by atoms with E-state index in [4.69, 9.17) is 4.74 Å². The van der Waals surface area contributed by atoms with Crippen LogP contribution in [0.2, 0.25) is 0 Å². The van der Waals surface area contributed by atoms with Crippen LogP contribution in [0.1, 0.15) is 268 Å². The summed E-state index contributed by atoms with van der Waals surface area (Å²) < 4.78 is 5.83. The molecule has 7 saturated carbocycles. The van der Waals surface area contributed by atoms with Crippen LogP contribution in [-0.4, -0.2) is 5.97 Å². The molecule has 396 valence electrons. The van der Waals surface area contributed by atoms with Crippen LogP contribution >= 0.6 is 0 Å². The largest absolute Gasteiger partial charge is 0.426 e. The maximum atomic E-state index is 12.8. The summed E-state index contributed by atoms with van der Waals surface area (Å²) in [6.45, 7) is 17.1. The molecule has 0 bridgehead atoms. The van der Waals surface area contributed by atoms with Gasteiger partial charge in [0.05, 0.1) is 5.92 Å². The standard InChI is InChI=1S/C31H48O2.C21H30.C17H30/c1-3-5-23-7-11-25(12-8-23)27-15-17-29(18-16-27)31(32)33-30-21-19-28(20-22-30)26-13-9-24(6-4-2)10-14-26;1-3-17-6-10-19(11-7-17)21-14-12-20(13-15-21)18-8-4-16(2)5-9-18;1-3-5-15-8-12-17(13-9-15)16-10-6-14(4-2)7-11-16/h19-27,29H,3-18H2,1-2H3;3-5,8-9,17,19-21H,1,6-7,10-15H2,2H3;4,14-17H,2-3,5-13H2,1H3. The van der Waals surface area contributed by atoms with E-state index in [9.17, 15) is 4.79 Å². The number of rotatable bonds is 15. The van der Waals surface area contributed by atoms with Crippen LogP contribution in [0.3, 0.4) is 0 Å². The van der Waals surface area contributed by atoms with Crippen molar-refractivity contribution in [1.29, 1.82) is 0 Å². The lowest BCUT2D eigenvalue weighted by Gasteiger charge is -2.37. The second kappa shape index (κ2) is 30.1. The lowest BCUT2D eigenvalue weighted by molar-refractivity contribution is -0.140. The number of carbonyl (C=O) groups is 1. The van der Waals surface area contributed by atoms with Crippen molar-refractivity contribution in [3.63, 3.8) is 0 Å². The van der Waals surface area contributed by atoms with E-state index >= 15 is 0 Å². The van der Waals surface area contributed by atoms with Crippen LogP contribution in [0.15, 0.2) is 73.8 Å². The molecule has 9 rings (SSSR count). The number of hydrogen-bond donors (Lipinski definition) is 0. The van der Waals surface area contributed by atoms with Crippen molar-refractivity contribution < 1.29 is 9.53 Å². The summed E-state index contributed by atoms with van der Waals surface area (Å²) in [4.78, 5) is 12.8. The molecule has 0 aliphatic heterocycles. The van der Waals surface area contributed by atoms with E-state index in [-0.39, 0.29) is 11.9 Å². The Morgan fingerprint density at radius 1 is 0.423 bits per heavy atom. The average Bonchev–Trinajstić information content (AvgIpc) is 3.43. The molecule has 2 nitrogen and oxygen atoms in total. The molecule has 2 heteroatoms. The van der Waals surface area contributed by atoms with Crippen molar-refractivity contribution in [1.82, 2.24) is 0 Å². The molecule has 7 aliphatic rings. The SMILES string of the molecule is C=CC1CCC(C2CCC(CCC)CC2)CC1.C=CC1CCC(C2CCC(c3ccc(C)cc3)CC2)CC1.CCCC1CCC(c2ccc(OC(=O)C3CCC(C4CCC(CCC)CC4)CC3)cc2)CC1. The van der Waals surface area contributed by atoms with Crippen molar-refractivity contribution in [3.8, 4) is 5.75 Å². The van der Waals surface area contributed by atoms with E-state index in [2.05, 4.69) is 89.4 Å². The number of aryl methyl sites for hydroxylation is 1. The molecule has 0 aromatic heterocycles. The fourth-order valence-corrected chi connectivity index (χ4v) is 16.2. The third-order valence-corrected chi connectivity index (χ3v) is 21.0. The zero-order chi connectivity index (χ0) is 49.8. The van der Waals surface area contributed by atoms with Crippen LogP contribution in [0, 0.1) is 77.9 Å². The number of carbonyl (C=O) groups excluding carboxylic acids is 1. The minimum absolute atomic E-state index is 0.00734. The molecule has 0 heterocycles. The first kappa shape index (κ1) is 56.1. The van der Waals surface area contributed by atoms with Crippen LogP contribution in [0.5, 0.6) is 5.75 Å². The molecule has 7 aliphatic carbocycles. The summed E-state index contributed by atoms with van der Waals surface area (Å²) in [5, 5.41) is 0. The Labute approximate surface area is 438 Å². The van der Waals surface area contributed by atoms with E-state index in [1.165, 1.54) is 217 Å². The quantitative estimate of drug-likeness (QED) is 0.101. The highest BCUT2D eigenvalue weighted by molar-refractivity contribution is 5.75. The number of benzene rings is 2. The predicted molar refractivity (Wildman–Crippen MR) is 305 cm³/mol. The highest BCUT2D eigenvalue weighted by Crippen LogP contribution is 2.46. The van der Waals surface area contributed by atoms with E-state index in [0.29, 0.717) is 5.92 Å². The minimum atomic E-state index is 0.00734. The molecule has 71 heavy (non-hydrogen) atoms. The van der Waals surface area contributed by atoms with Crippen molar-refractivity contribution >= 4 is 5.97 Å². The Morgan fingerprint density at radius 2 is 0.718 bits per heavy atom. The van der Waals surface area contributed by atoms with Gasteiger partial charge in [0, 0.05) is 0 Å². The van der Waals surface area contributed by atoms with E-state index < -0.39 is 0 Å². The van der Waals surface area contributed by atoms with Crippen molar-refractivity contribution in [3.05, 3.63) is 90.5 Å². The molecule has 0 spiro atoms. The first-order valence-corrected chi connectivity index (χ1v) is 31.4. The Balaban J connectivity index is 0.000000168. The van der Waals surface area contributed by atoms with Crippen molar-refractivity contribution in [2.24, 2.45) is 71.0 Å². The van der Waals surface area contributed by atoms with Gasteiger partial charge in [0.25, 0.3) is 0 Å². The van der Waals surface area contributed by atoms with Gasteiger partial charge in [-0.3, -0.25) is 4.79 Å². The minimum Gasteiger partial charge on any atom is -0.426 e. The molecule has 2 aromatic rings. The van der Waals surface area contributed by atoms with Gasteiger partial charge in [-0.25, -0.2) is 0 Å². The van der Waals surface area contributed by atoms with E-state index in [1.807, 2.05) is 12.1 Å². The monoisotopic (exact) mass is 969 g/mol. The van der Waals surface area contributed by atoms with Gasteiger partial charge in [0.2, 0.25) is 0 Å². The molecule has 2 aromatic carbocycles. The van der Waals surface area contributed by atoms with Gasteiger partial charge in [-0.2, -0.15) is 0 Å². The Bertz CT molecular complexity index is 1750. The third-order valence-electron chi connectivity index (χ3n) is 21.0. The van der Waals surface area contributed by atoms with Crippen molar-refractivity contribution in [2.75, 3.05) is 0 Å². The van der Waals surface area contributed by atoms with Gasteiger partial charge in [-0.1, -0.05) is 139 Å². The van der Waals surface area contributed by atoms with Gasteiger partial charge >= 0.3 is 5.97 Å². The van der Waals surface area contributed by atoms with E-state index in [0.717, 1.165) is 89.6 Å². The lowest BCUT2D eigenvalue weighted by Crippen LogP contribution is -2.30. The van der Waals surface area contributed by atoms with Gasteiger partial charge in [0.1, 0.15) is 5.75 Å². The predicted octanol–water partition coefficient (Wildman–Crippen LogP) is 20.9. The second-order valence-corrected chi connectivity index (χ2v) is 25.6. The number of allylic oxidation sites excluding steroid dienone is 2. The van der Waals surface area contributed by atoms with Crippen LogP contribution in [-0.2, 0) is 4.79 Å². The van der Waals surface area contributed by atoms with Gasteiger partial charge in [-0.05, 0) is 261 Å². The van der Waals surface area contributed by atoms with Crippen LogP contribution < -0.4 is 4.74 Å². The summed E-state index contributed by atoms with van der Waals surface area (Å²) in [7, 11) is 0. The summed E-state index contributed by atoms with van der Waals surface area (Å²) in [6, 6.07) is 17.7. The molecular formula is C69H108O2. The lowest BCUT2D eigenvalue weighted by atomic mass is 9.68. The van der Waals surface area contributed by atoms with E-state index in [1.54, 1.807) is 5.56 Å². The number of ether oxygens (including phenoxy) is 1. The normalized spacial score (nSPS) is 34.5. The summed E-state index contributed by atoms with van der Waals surface area (Å²) >= 11 is 0. The summed E-state index contributed by atoms with van der Waals surface area (Å²) in [5.74, 6) is 12.9. The highest BCUT2D eigenvalue weighted by Gasteiger charge is 2.35. The Morgan fingerprint density at radius 3 is 1.07 bits per heavy atom. The highest BCUT2D eigenvalue weighted by atomic mass is 16.5. The number of esters is 1. The molecule has 7 fully saturated rings. The zero-order valence-electron chi connectivity index (χ0n) is 46.6. The molecule has 0 unspecified atom stereocenters. The average molecular weight is 970 g/mol. The fourth-order valence-electron chi connectivity index (χ4n) is 16.2. The molecule has 0 saturated heterocycles. The topological polar surface area (TPSA) is 26.3 Å². The Hall–Kier alpha value is -2.61. The maximum Gasteiger partial charge on any atom is 0.314 e. The first-order chi connectivity index (χ1) is 34.7. The van der Waals surface area contributed by atoms with Crippen LogP contribution in [0.4, 0.5) is 0 Å². The molecular weight excluding hydrogens is 861 g/mol. The smallest absolute Gasteiger partial charge is 0.314 e. The number of hydrogen-bond acceptors (Lipinski definition) is 2.